The first-order chi connectivity index (χ1) is 13.1. The molecule has 1 aliphatic carbocycles. The molecule has 0 unspecified atom stereocenters. The molecule has 2 aliphatic rings. The van der Waals surface area contributed by atoms with E-state index in [9.17, 15) is 4.79 Å². The first kappa shape index (κ1) is 18.2. The minimum Gasteiger partial charge on any atom is -0.497 e. The number of carbonyl (C=O) groups excluding carboxylic acids is 1. The minimum absolute atomic E-state index is 0.0720. The number of benzene rings is 1. The highest BCUT2D eigenvalue weighted by molar-refractivity contribution is 7.71. The van der Waals surface area contributed by atoms with Crippen molar-refractivity contribution < 1.29 is 9.53 Å². The number of ether oxygens (including phenoxy) is 1. The second-order valence-electron chi connectivity index (χ2n) is 7.25. The van der Waals surface area contributed by atoms with E-state index in [2.05, 4.69) is 4.90 Å². The van der Waals surface area contributed by atoms with Crippen molar-refractivity contribution in [2.45, 2.75) is 25.4 Å². The summed E-state index contributed by atoms with van der Waals surface area (Å²) in [6.07, 6.45) is 2.43. The molecule has 1 aromatic heterocycles. The molecular formula is C19H25N5O2S. The third kappa shape index (κ3) is 3.77. The lowest BCUT2D eigenvalue weighted by molar-refractivity contribution is 0.0585. The summed E-state index contributed by atoms with van der Waals surface area (Å²) in [5.74, 6) is 2.52. The topological polar surface area (TPSA) is 55.5 Å². The van der Waals surface area contributed by atoms with E-state index in [1.54, 1.807) is 7.11 Å². The molecule has 2 aromatic rings. The van der Waals surface area contributed by atoms with Crippen molar-refractivity contribution in [1.82, 2.24) is 24.1 Å². The lowest BCUT2D eigenvalue weighted by Crippen LogP contribution is -2.49. The SMILES string of the molecule is COc1ccc(C(=O)N2CCN(Cn3nc(C4CC4)n(C)c3=S)CC2)cc1. The zero-order valence-electron chi connectivity index (χ0n) is 15.8. The summed E-state index contributed by atoms with van der Waals surface area (Å²) in [6.45, 7) is 3.74. The van der Waals surface area contributed by atoms with Crippen molar-refractivity contribution >= 4 is 18.1 Å². The van der Waals surface area contributed by atoms with Crippen molar-refractivity contribution in [1.29, 1.82) is 0 Å². The summed E-state index contributed by atoms with van der Waals surface area (Å²) in [7, 11) is 3.63. The molecule has 1 saturated heterocycles. The molecule has 4 rings (SSSR count). The molecule has 144 valence electrons. The van der Waals surface area contributed by atoms with Crippen LogP contribution < -0.4 is 4.74 Å². The zero-order valence-corrected chi connectivity index (χ0v) is 16.6. The predicted octanol–water partition coefficient (Wildman–Crippen LogP) is 2.25. The number of hydrogen-bond donors (Lipinski definition) is 0. The van der Waals surface area contributed by atoms with Crippen LogP contribution in [0.5, 0.6) is 5.75 Å². The smallest absolute Gasteiger partial charge is 0.253 e. The summed E-state index contributed by atoms with van der Waals surface area (Å²) in [5, 5.41) is 4.72. The van der Waals surface area contributed by atoms with Gasteiger partial charge in [0.05, 0.1) is 13.8 Å². The summed E-state index contributed by atoms with van der Waals surface area (Å²) >= 11 is 5.54. The Balaban J connectivity index is 1.35. The summed E-state index contributed by atoms with van der Waals surface area (Å²) in [5.41, 5.74) is 0.699. The molecule has 27 heavy (non-hydrogen) atoms. The molecular weight excluding hydrogens is 362 g/mol. The number of methoxy groups -OCH3 is 1. The summed E-state index contributed by atoms with van der Waals surface area (Å²) in [4.78, 5) is 16.9. The van der Waals surface area contributed by atoms with Crippen LogP contribution in [0.2, 0.25) is 0 Å². The maximum Gasteiger partial charge on any atom is 0.253 e. The van der Waals surface area contributed by atoms with Crippen LogP contribution in [0.4, 0.5) is 0 Å². The summed E-state index contributed by atoms with van der Waals surface area (Å²) in [6, 6.07) is 7.29. The van der Waals surface area contributed by atoms with Crippen molar-refractivity contribution in [3.05, 3.63) is 40.4 Å². The molecule has 7 nitrogen and oxygen atoms in total. The Labute approximate surface area is 164 Å². The van der Waals surface area contributed by atoms with Gasteiger partial charge < -0.3 is 14.2 Å². The van der Waals surface area contributed by atoms with Crippen LogP contribution in [0.25, 0.3) is 0 Å². The lowest BCUT2D eigenvalue weighted by Gasteiger charge is -2.34. The average molecular weight is 388 g/mol. The zero-order chi connectivity index (χ0) is 19.0. The van der Waals surface area contributed by atoms with Crippen LogP contribution >= 0.6 is 12.2 Å². The van der Waals surface area contributed by atoms with E-state index in [0.717, 1.165) is 29.4 Å². The van der Waals surface area contributed by atoms with Crippen LogP contribution in [-0.2, 0) is 13.7 Å². The van der Waals surface area contributed by atoms with Gasteiger partial charge in [-0.3, -0.25) is 9.69 Å². The van der Waals surface area contributed by atoms with Crippen LogP contribution in [0.1, 0.15) is 34.9 Å². The standard InChI is InChI=1S/C19H25N5O2S/c1-21-17(14-3-4-14)20-24(19(21)27)13-22-9-11-23(12-10-22)18(25)15-5-7-16(26-2)8-6-15/h5-8,14H,3-4,9-13H2,1-2H3. The largest absolute Gasteiger partial charge is 0.497 e. The Hall–Kier alpha value is -2.19. The molecule has 8 heteroatoms. The van der Waals surface area contributed by atoms with Crippen molar-refractivity contribution in [3.8, 4) is 5.75 Å². The molecule has 0 spiro atoms. The Morgan fingerprint density at radius 2 is 1.85 bits per heavy atom. The van der Waals surface area contributed by atoms with Gasteiger partial charge in [0.1, 0.15) is 11.6 Å². The van der Waals surface area contributed by atoms with E-state index in [1.165, 1.54) is 12.8 Å². The Bertz CT molecular complexity index is 876. The number of aromatic nitrogens is 3. The number of carbonyl (C=O) groups is 1. The number of nitrogens with zero attached hydrogens (tertiary/aromatic N) is 5. The maximum atomic E-state index is 12.7. The van der Waals surface area contributed by atoms with Gasteiger partial charge in [-0.2, -0.15) is 5.10 Å². The number of piperazine rings is 1. The van der Waals surface area contributed by atoms with Gasteiger partial charge in [0, 0.05) is 44.7 Å². The molecule has 1 amide bonds. The van der Waals surface area contributed by atoms with E-state index in [-0.39, 0.29) is 5.91 Å². The maximum absolute atomic E-state index is 12.7. The molecule has 2 heterocycles. The van der Waals surface area contributed by atoms with Crippen LogP contribution in [0.3, 0.4) is 0 Å². The molecule has 1 saturated carbocycles. The predicted molar refractivity (Wildman–Crippen MR) is 104 cm³/mol. The fourth-order valence-corrected chi connectivity index (χ4v) is 3.68. The molecule has 0 atom stereocenters. The van der Waals surface area contributed by atoms with Gasteiger partial charge in [-0.25, -0.2) is 4.68 Å². The monoisotopic (exact) mass is 387 g/mol. The number of rotatable bonds is 5. The normalized spacial score (nSPS) is 17.9. The fraction of sp³-hybridized carbons (Fsp3) is 0.526. The number of amides is 1. The van der Waals surface area contributed by atoms with Crippen molar-refractivity contribution in [2.24, 2.45) is 7.05 Å². The molecule has 0 N–H and O–H groups in total. The Kier molecular flexibility index (Phi) is 5.01. The molecule has 0 radical (unpaired) electrons. The molecule has 1 aromatic carbocycles. The summed E-state index contributed by atoms with van der Waals surface area (Å²) < 4.78 is 9.88. The lowest BCUT2D eigenvalue weighted by atomic mass is 10.1. The average Bonchev–Trinajstić information content (AvgIpc) is 3.51. The van der Waals surface area contributed by atoms with E-state index in [1.807, 2.05) is 45.5 Å². The second kappa shape index (κ2) is 7.44. The highest BCUT2D eigenvalue weighted by Crippen LogP contribution is 2.38. The van der Waals surface area contributed by atoms with E-state index in [4.69, 9.17) is 22.1 Å². The highest BCUT2D eigenvalue weighted by atomic mass is 32.1. The molecule has 2 fully saturated rings. The van der Waals surface area contributed by atoms with Gasteiger partial charge in [-0.15, -0.1) is 0 Å². The third-order valence-corrected chi connectivity index (χ3v) is 5.83. The van der Waals surface area contributed by atoms with Gasteiger partial charge >= 0.3 is 0 Å². The third-order valence-electron chi connectivity index (χ3n) is 5.35. The molecule has 1 aliphatic heterocycles. The van der Waals surface area contributed by atoms with E-state index in [0.29, 0.717) is 31.2 Å². The Morgan fingerprint density at radius 3 is 2.44 bits per heavy atom. The van der Waals surface area contributed by atoms with Gasteiger partial charge in [0.25, 0.3) is 5.91 Å². The quantitative estimate of drug-likeness (QED) is 0.737. The van der Waals surface area contributed by atoms with Crippen LogP contribution in [0.15, 0.2) is 24.3 Å². The first-order valence-corrected chi connectivity index (χ1v) is 9.77. The fourth-order valence-electron chi connectivity index (χ4n) is 3.49. The first-order valence-electron chi connectivity index (χ1n) is 9.36. The van der Waals surface area contributed by atoms with Gasteiger partial charge in [0.2, 0.25) is 0 Å². The van der Waals surface area contributed by atoms with Crippen molar-refractivity contribution in [2.75, 3.05) is 33.3 Å². The van der Waals surface area contributed by atoms with Crippen LogP contribution in [-0.4, -0.2) is 63.3 Å². The molecule has 0 bridgehead atoms. The van der Waals surface area contributed by atoms with Crippen LogP contribution in [0, 0.1) is 4.77 Å². The van der Waals surface area contributed by atoms with Gasteiger partial charge in [-0.05, 0) is 49.3 Å². The second-order valence-corrected chi connectivity index (χ2v) is 7.62. The van der Waals surface area contributed by atoms with Gasteiger partial charge in [-0.1, -0.05) is 0 Å². The highest BCUT2D eigenvalue weighted by Gasteiger charge is 2.29. The van der Waals surface area contributed by atoms with Crippen molar-refractivity contribution in [3.63, 3.8) is 0 Å². The minimum atomic E-state index is 0.0720. The number of hydrogen-bond acceptors (Lipinski definition) is 5. The van der Waals surface area contributed by atoms with E-state index >= 15 is 0 Å². The van der Waals surface area contributed by atoms with Gasteiger partial charge in [0.15, 0.2) is 4.77 Å². The Morgan fingerprint density at radius 1 is 1.19 bits per heavy atom. The van der Waals surface area contributed by atoms with E-state index < -0.39 is 0 Å².